The summed E-state index contributed by atoms with van der Waals surface area (Å²) in [7, 11) is 0. The summed E-state index contributed by atoms with van der Waals surface area (Å²) in [5.74, 6) is 0. The molecule has 0 spiro atoms. The first-order valence-corrected chi connectivity index (χ1v) is 5.86. The summed E-state index contributed by atoms with van der Waals surface area (Å²) < 4.78 is 0. The fourth-order valence-electron chi connectivity index (χ4n) is 1.66. The van der Waals surface area contributed by atoms with E-state index in [1.54, 1.807) is 18.6 Å². The molecule has 0 aliphatic carbocycles. The van der Waals surface area contributed by atoms with E-state index in [9.17, 15) is 0 Å². The van der Waals surface area contributed by atoms with Crippen LogP contribution in [0.25, 0.3) is 0 Å². The molecule has 0 amide bonds. The first kappa shape index (κ1) is 13.7. The maximum absolute atomic E-state index is 5.90. The Morgan fingerprint density at radius 1 is 1.30 bits per heavy atom. The molecule has 2 aromatic heterocycles. The zero-order valence-electron chi connectivity index (χ0n) is 10.8. The van der Waals surface area contributed by atoms with Gasteiger partial charge in [0, 0.05) is 50.6 Å². The average Bonchev–Trinajstić information content (AvgIpc) is 3.09. The Kier molecular flexibility index (Phi) is 4.78. The van der Waals surface area contributed by atoms with E-state index in [1.807, 2.05) is 4.90 Å². The number of H-pyrrole nitrogens is 2. The van der Waals surface area contributed by atoms with Crippen molar-refractivity contribution in [3.05, 3.63) is 35.7 Å². The lowest BCUT2D eigenvalue weighted by Gasteiger charge is -2.19. The molecule has 2 heterocycles. The Balaban J connectivity index is 2.01. The molecule has 5 N–H and O–H groups in total. The number of nitrogens with two attached hydrogens (primary N) is 1. The van der Waals surface area contributed by atoms with Crippen LogP contribution in [-0.2, 0) is 13.1 Å². The van der Waals surface area contributed by atoms with Gasteiger partial charge in [-0.2, -0.15) is 5.10 Å². The van der Waals surface area contributed by atoms with Crippen molar-refractivity contribution >= 4 is 6.72 Å². The Labute approximate surface area is 115 Å². The summed E-state index contributed by atoms with van der Waals surface area (Å²) in [5.41, 5.74) is 10.7. The zero-order valence-corrected chi connectivity index (χ0v) is 10.8. The molecule has 0 radical (unpaired) electrons. The maximum atomic E-state index is 5.90. The topological polar surface area (TPSA) is 137 Å². The van der Waals surface area contributed by atoms with E-state index in [0.29, 0.717) is 25.3 Å². The first-order chi connectivity index (χ1) is 9.78. The summed E-state index contributed by atoms with van der Waals surface area (Å²) in [6, 6.07) is 0. The lowest BCUT2D eigenvalue weighted by molar-refractivity contribution is 0.271. The summed E-state index contributed by atoms with van der Waals surface area (Å²) in [6.07, 6.45) is 5.06. The predicted octanol–water partition coefficient (Wildman–Crippen LogP) is -1.07. The van der Waals surface area contributed by atoms with Crippen molar-refractivity contribution in [3.8, 4) is 0 Å². The minimum atomic E-state index is 0.516. The molecule has 0 saturated carbocycles. The van der Waals surface area contributed by atoms with Crippen LogP contribution in [-0.4, -0.2) is 49.0 Å². The Hall–Kier alpha value is -2.75. The van der Waals surface area contributed by atoms with Crippen LogP contribution in [0.5, 0.6) is 0 Å². The van der Waals surface area contributed by atoms with E-state index in [-0.39, 0.29) is 0 Å². The lowest BCUT2D eigenvalue weighted by Crippen LogP contribution is -2.28. The number of aromatic nitrogens is 6. The smallest absolute Gasteiger partial charge is 0.0964 e. The second kappa shape index (κ2) is 6.99. The Bertz CT molecular complexity index is 492. The summed E-state index contributed by atoms with van der Waals surface area (Å²) in [4.78, 5) is 2.05. The monoisotopic (exact) mass is 276 g/mol. The molecule has 0 fully saturated rings. The molecule has 10 heteroatoms. The third kappa shape index (κ3) is 4.17. The van der Waals surface area contributed by atoms with Crippen LogP contribution in [0.4, 0.5) is 0 Å². The van der Waals surface area contributed by atoms with Gasteiger partial charge < -0.3 is 5.73 Å². The minimum absolute atomic E-state index is 0.516. The molecule has 2 aromatic rings. The van der Waals surface area contributed by atoms with Gasteiger partial charge in [-0.25, -0.2) is 0 Å². The molecule has 0 aliphatic rings. The van der Waals surface area contributed by atoms with Gasteiger partial charge in [-0.1, -0.05) is 10.4 Å². The molecule has 106 valence electrons. The van der Waals surface area contributed by atoms with Crippen LogP contribution in [0, 0.1) is 0 Å². The van der Waals surface area contributed by atoms with Crippen molar-refractivity contribution in [2.45, 2.75) is 13.1 Å². The van der Waals surface area contributed by atoms with E-state index >= 15 is 0 Å². The average molecular weight is 276 g/mol. The van der Waals surface area contributed by atoms with Gasteiger partial charge in [-0.3, -0.25) is 20.5 Å². The van der Waals surface area contributed by atoms with Crippen molar-refractivity contribution in [1.82, 2.24) is 41.1 Å². The summed E-state index contributed by atoms with van der Waals surface area (Å²) >= 11 is 0. The molecule has 0 bridgehead atoms. The van der Waals surface area contributed by atoms with Gasteiger partial charge in [0.2, 0.25) is 0 Å². The first-order valence-electron chi connectivity index (χ1n) is 5.86. The second-order valence-corrected chi connectivity index (χ2v) is 4.08. The van der Waals surface area contributed by atoms with Crippen molar-refractivity contribution in [3.63, 3.8) is 0 Å². The maximum Gasteiger partial charge on any atom is 0.0964 e. The van der Waals surface area contributed by atoms with Gasteiger partial charge >= 0.3 is 0 Å². The molecule has 0 unspecified atom stereocenters. The number of rotatable bonds is 8. The van der Waals surface area contributed by atoms with Crippen LogP contribution >= 0.6 is 0 Å². The summed E-state index contributed by atoms with van der Waals surface area (Å²) in [5, 5.41) is 24.1. The molecular weight excluding hydrogens is 260 g/mol. The van der Waals surface area contributed by atoms with Crippen LogP contribution in [0.3, 0.4) is 0 Å². The van der Waals surface area contributed by atoms with Crippen molar-refractivity contribution in [2.75, 3.05) is 6.54 Å². The molecule has 0 saturated heterocycles. The lowest BCUT2D eigenvalue weighted by atomic mass is 10.3. The van der Waals surface area contributed by atoms with Gasteiger partial charge in [0.05, 0.1) is 11.4 Å². The molecule has 0 aliphatic heterocycles. The highest BCUT2D eigenvalue weighted by atomic mass is 15.3. The van der Waals surface area contributed by atoms with Crippen molar-refractivity contribution in [1.29, 1.82) is 0 Å². The van der Waals surface area contributed by atoms with E-state index in [2.05, 4.69) is 48.1 Å². The fraction of sp³-hybridized carbons (Fsp3) is 0.300. The highest BCUT2D eigenvalue weighted by Crippen LogP contribution is 2.06. The van der Waals surface area contributed by atoms with Gasteiger partial charge in [-0.05, 0) is 0 Å². The highest BCUT2D eigenvalue weighted by Gasteiger charge is 2.11. The van der Waals surface area contributed by atoms with Gasteiger partial charge in [0.1, 0.15) is 0 Å². The molecule has 10 nitrogen and oxygen atoms in total. The number of nitrogens with one attached hydrogen (secondary N) is 3. The predicted molar refractivity (Wildman–Crippen MR) is 71.8 cm³/mol. The van der Waals surface area contributed by atoms with E-state index in [4.69, 9.17) is 5.73 Å². The third-order valence-corrected chi connectivity index (χ3v) is 2.45. The zero-order chi connectivity index (χ0) is 14.2. The number of hydrazone groups is 1. The molecule has 0 aromatic carbocycles. The molecule has 0 atom stereocenters. The second-order valence-electron chi connectivity index (χ2n) is 4.08. The van der Waals surface area contributed by atoms with Crippen LogP contribution in [0.2, 0.25) is 0 Å². The number of nitrogens with zero attached hydrogens (tertiary/aromatic N) is 6. The SMILES string of the molecule is C=NN/C=C(\N)CN(Cc1c[nH]nn1)Cc1c[nH]nn1. The molecular formula is C10H16N10. The number of hydrogen-bond donors (Lipinski definition) is 4. The minimum Gasteiger partial charge on any atom is -0.400 e. The Morgan fingerprint density at radius 3 is 2.35 bits per heavy atom. The quantitative estimate of drug-likeness (QED) is 0.356. The largest absolute Gasteiger partial charge is 0.400 e. The summed E-state index contributed by atoms with van der Waals surface area (Å²) in [6.45, 7) is 5.00. The van der Waals surface area contributed by atoms with Crippen molar-refractivity contribution < 1.29 is 0 Å². The van der Waals surface area contributed by atoms with Crippen LogP contribution < -0.4 is 11.2 Å². The number of hydrogen-bond acceptors (Lipinski definition) is 8. The van der Waals surface area contributed by atoms with Gasteiger partial charge in [0.25, 0.3) is 0 Å². The molecule has 2 rings (SSSR count). The number of aromatic amines is 2. The fourth-order valence-corrected chi connectivity index (χ4v) is 1.66. The van der Waals surface area contributed by atoms with Gasteiger partial charge in [-0.15, -0.1) is 10.2 Å². The van der Waals surface area contributed by atoms with E-state index < -0.39 is 0 Å². The Morgan fingerprint density at radius 2 is 1.90 bits per heavy atom. The normalized spacial score (nSPS) is 11.8. The van der Waals surface area contributed by atoms with Crippen LogP contribution in [0.15, 0.2) is 29.4 Å². The third-order valence-electron chi connectivity index (χ3n) is 2.45. The highest BCUT2D eigenvalue weighted by molar-refractivity contribution is 5.22. The van der Waals surface area contributed by atoms with E-state index in [1.165, 1.54) is 0 Å². The van der Waals surface area contributed by atoms with E-state index in [0.717, 1.165) is 11.4 Å². The van der Waals surface area contributed by atoms with Gasteiger partial charge in [0.15, 0.2) is 0 Å². The van der Waals surface area contributed by atoms with Crippen LogP contribution in [0.1, 0.15) is 11.4 Å². The van der Waals surface area contributed by atoms with Crippen molar-refractivity contribution in [2.24, 2.45) is 10.8 Å². The molecule has 20 heavy (non-hydrogen) atoms. The standard InChI is InChI=1S/C10H16N10/c1-12-13-2-8(11)5-20(6-9-3-14-18-16-9)7-10-4-15-19-17-10/h2-4,13H,1,5-7,11H2,(H,14,16,18)(H,15,17,19)/b8-2-.